The topological polar surface area (TPSA) is 78.5 Å². The van der Waals surface area contributed by atoms with Gasteiger partial charge in [-0.25, -0.2) is 4.39 Å². The second kappa shape index (κ2) is 10.5. The molecule has 0 bridgehead atoms. The zero-order chi connectivity index (χ0) is 25.1. The van der Waals surface area contributed by atoms with E-state index in [1.165, 1.54) is 40.9 Å². The highest BCUT2D eigenvalue weighted by atomic mass is 79.9. The van der Waals surface area contributed by atoms with E-state index in [4.69, 9.17) is 0 Å². The van der Waals surface area contributed by atoms with Crippen molar-refractivity contribution in [2.24, 2.45) is 0 Å². The number of hydrogen-bond acceptors (Lipinski definition) is 5. The van der Waals surface area contributed by atoms with Crippen LogP contribution in [0.5, 0.6) is 0 Å². The van der Waals surface area contributed by atoms with Crippen LogP contribution in [0.15, 0.2) is 92.8 Å². The third-order valence-electron chi connectivity index (χ3n) is 5.14. The number of carbonyl (C=O) groups excluding carboxylic acids is 3. The monoisotopic (exact) mass is 553 g/mol. The third kappa shape index (κ3) is 5.63. The fraction of sp³-hybridized carbons (Fsp3) is 0.115. The molecule has 0 atom stereocenters. The molecule has 0 radical (unpaired) electrons. The zero-order valence-corrected chi connectivity index (χ0v) is 21.2. The maximum absolute atomic E-state index is 13.1. The predicted molar refractivity (Wildman–Crippen MR) is 138 cm³/mol. The molecule has 1 aliphatic heterocycles. The largest absolute Gasteiger partial charge is 0.350 e. The summed E-state index contributed by atoms with van der Waals surface area (Å²) in [5.41, 5.74) is 1.79. The number of amides is 3. The van der Waals surface area contributed by atoms with Crippen molar-refractivity contribution in [1.29, 1.82) is 0 Å². The lowest BCUT2D eigenvalue weighted by atomic mass is 10.2. The molecule has 3 aromatic rings. The molecular weight excluding hydrogens is 533 g/mol. The van der Waals surface area contributed by atoms with Crippen molar-refractivity contribution in [1.82, 2.24) is 4.90 Å². The molecule has 1 heterocycles. The minimum Gasteiger partial charge on any atom is -0.350 e. The summed E-state index contributed by atoms with van der Waals surface area (Å²) in [5.74, 6) is -1.51. The van der Waals surface area contributed by atoms with Gasteiger partial charge in [-0.2, -0.15) is 0 Å². The molecule has 0 saturated heterocycles. The quantitative estimate of drug-likeness (QED) is 0.349. The van der Waals surface area contributed by atoms with Crippen molar-refractivity contribution in [3.8, 4) is 0 Å². The molecule has 0 aromatic heterocycles. The number of halogens is 2. The van der Waals surface area contributed by atoms with E-state index in [1.807, 2.05) is 24.3 Å². The van der Waals surface area contributed by atoms with Crippen LogP contribution < -0.4 is 10.6 Å². The Morgan fingerprint density at radius 2 is 1.49 bits per heavy atom. The SMILES string of the molecule is CC(C)N1C(=O)C(Nc2ccc(Br)cc2)=C(Sc2ccc(NC(=O)c3ccc(F)cc3)cc2)C1=O. The van der Waals surface area contributed by atoms with E-state index in [0.29, 0.717) is 21.8 Å². The standard InChI is InChI=1S/C26H21BrFN3O3S/c1-15(2)31-25(33)22(29-19-9-5-17(27)6-10-19)23(26(31)34)35-21-13-11-20(12-14-21)30-24(32)16-3-7-18(28)8-4-16/h3-15,29H,1-2H3,(H,30,32). The van der Waals surface area contributed by atoms with Crippen LogP contribution in [-0.2, 0) is 9.59 Å². The first-order valence-electron chi connectivity index (χ1n) is 10.7. The van der Waals surface area contributed by atoms with Gasteiger partial charge in [0, 0.05) is 32.3 Å². The molecule has 2 N–H and O–H groups in total. The van der Waals surface area contributed by atoms with Crippen molar-refractivity contribution in [2.45, 2.75) is 24.8 Å². The summed E-state index contributed by atoms with van der Waals surface area (Å²) < 4.78 is 14.0. The van der Waals surface area contributed by atoms with Gasteiger partial charge < -0.3 is 10.6 Å². The molecule has 4 rings (SSSR count). The molecule has 0 aliphatic carbocycles. The Kier molecular flexibility index (Phi) is 7.37. The Morgan fingerprint density at radius 1 is 0.886 bits per heavy atom. The van der Waals surface area contributed by atoms with Gasteiger partial charge in [-0.1, -0.05) is 27.7 Å². The van der Waals surface area contributed by atoms with Gasteiger partial charge in [0.05, 0.1) is 0 Å². The Balaban J connectivity index is 1.54. The number of rotatable bonds is 7. The Labute approximate surface area is 214 Å². The average molecular weight is 554 g/mol. The molecule has 0 unspecified atom stereocenters. The first kappa shape index (κ1) is 24.7. The summed E-state index contributed by atoms with van der Waals surface area (Å²) >= 11 is 4.57. The number of imide groups is 1. The molecule has 0 fully saturated rings. The first-order chi connectivity index (χ1) is 16.7. The lowest BCUT2D eigenvalue weighted by Gasteiger charge is -2.19. The fourth-order valence-electron chi connectivity index (χ4n) is 3.41. The van der Waals surface area contributed by atoms with Crippen LogP contribution in [0.25, 0.3) is 0 Å². The summed E-state index contributed by atoms with van der Waals surface area (Å²) in [6, 6.07) is 19.2. The van der Waals surface area contributed by atoms with E-state index in [0.717, 1.165) is 9.37 Å². The number of thioether (sulfide) groups is 1. The second-order valence-corrected chi connectivity index (χ2v) is 10.00. The molecule has 0 saturated carbocycles. The molecule has 35 heavy (non-hydrogen) atoms. The van der Waals surface area contributed by atoms with Gasteiger partial charge in [0.25, 0.3) is 17.7 Å². The van der Waals surface area contributed by atoms with Crippen molar-refractivity contribution >= 4 is 56.8 Å². The van der Waals surface area contributed by atoms with E-state index in [2.05, 4.69) is 26.6 Å². The van der Waals surface area contributed by atoms with Gasteiger partial charge in [0.15, 0.2) is 0 Å². The maximum Gasteiger partial charge on any atom is 0.278 e. The smallest absolute Gasteiger partial charge is 0.278 e. The summed E-state index contributed by atoms with van der Waals surface area (Å²) in [7, 11) is 0. The van der Waals surface area contributed by atoms with Crippen LogP contribution in [0.2, 0.25) is 0 Å². The van der Waals surface area contributed by atoms with Gasteiger partial charge in [-0.15, -0.1) is 0 Å². The van der Waals surface area contributed by atoms with E-state index in [-0.39, 0.29) is 29.5 Å². The van der Waals surface area contributed by atoms with E-state index >= 15 is 0 Å². The number of carbonyl (C=O) groups is 3. The van der Waals surface area contributed by atoms with Crippen molar-refractivity contribution in [2.75, 3.05) is 10.6 Å². The molecule has 9 heteroatoms. The zero-order valence-electron chi connectivity index (χ0n) is 18.8. The van der Waals surface area contributed by atoms with E-state index in [1.54, 1.807) is 38.1 Å². The molecule has 1 aliphatic rings. The van der Waals surface area contributed by atoms with E-state index in [9.17, 15) is 18.8 Å². The molecule has 3 aromatic carbocycles. The van der Waals surface area contributed by atoms with E-state index < -0.39 is 5.82 Å². The predicted octanol–water partition coefficient (Wildman–Crippen LogP) is 6.03. The maximum atomic E-state index is 13.1. The Morgan fingerprint density at radius 3 is 2.09 bits per heavy atom. The molecule has 6 nitrogen and oxygen atoms in total. The fourth-order valence-corrected chi connectivity index (χ4v) is 4.60. The third-order valence-corrected chi connectivity index (χ3v) is 6.76. The van der Waals surface area contributed by atoms with Crippen LogP contribution in [0.4, 0.5) is 15.8 Å². The van der Waals surface area contributed by atoms with Crippen LogP contribution >= 0.6 is 27.7 Å². The molecule has 0 spiro atoms. The van der Waals surface area contributed by atoms with Gasteiger partial charge in [-0.3, -0.25) is 19.3 Å². The summed E-state index contributed by atoms with van der Waals surface area (Å²) in [5, 5.41) is 5.86. The van der Waals surface area contributed by atoms with Gasteiger partial charge in [-0.05, 0) is 86.6 Å². The minimum atomic E-state index is -0.415. The summed E-state index contributed by atoms with van der Waals surface area (Å²) in [4.78, 5) is 40.8. The van der Waals surface area contributed by atoms with Gasteiger partial charge >= 0.3 is 0 Å². The molecular formula is C26H21BrFN3O3S. The number of nitrogens with zero attached hydrogens (tertiary/aromatic N) is 1. The highest BCUT2D eigenvalue weighted by molar-refractivity contribution is 9.10. The minimum absolute atomic E-state index is 0.227. The Bertz CT molecular complexity index is 1310. The second-order valence-electron chi connectivity index (χ2n) is 8.00. The average Bonchev–Trinajstić information content (AvgIpc) is 3.06. The molecule has 178 valence electrons. The van der Waals surface area contributed by atoms with Crippen molar-refractivity contribution < 1.29 is 18.8 Å². The first-order valence-corrected chi connectivity index (χ1v) is 12.3. The number of benzene rings is 3. The van der Waals surface area contributed by atoms with Crippen LogP contribution in [0.3, 0.4) is 0 Å². The van der Waals surface area contributed by atoms with Crippen LogP contribution in [-0.4, -0.2) is 28.7 Å². The highest BCUT2D eigenvalue weighted by Crippen LogP contribution is 2.37. The number of anilines is 2. The lowest BCUT2D eigenvalue weighted by molar-refractivity contribution is -0.139. The summed E-state index contributed by atoms with van der Waals surface area (Å²) in [6.45, 7) is 3.58. The number of nitrogens with one attached hydrogen (secondary N) is 2. The normalized spacial score (nSPS) is 13.6. The van der Waals surface area contributed by atoms with Gasteiger partial charge in [0.1, 0.15) is 16.4 Å². The Hall–Kier alpha value is -3.43. The van der Waals surface area contributed by atoms with Crippen LogP contribution in [0.1, 0.15) is 24.2 Å². The lowest BCUT2D eigenvalue weighted by Crippen LogP contribution is -2.38. The van der Waals surface area contributed by atoms with Gasteiger partial charge in [0.2, 0.25) is 0 Å². The van der Waals surface area contributed by atoms with Crippen molar-refractivity contribution in [3.05, 3.63) is 99.3 Å². The van der Waals surface area contributed by atoms with Crippen LogP contribution in [0, 0.1) is 5.82 Å². The highest BCUT2D eigenvalue weighted by Gasteiger charge is 2.40. The summed E-state index contributed by atoms with van der Waals surface area (Å²) in [6.07, 6.45) is 0. The van der Waals surface area contributed by atoms with Crippen molar-refractivity contribution in [3.63, 3.8) is 0 Å². The molecule has 3 amide bonds. The number of hydrogen-bond donors (Lipinski definition) is 2.